The molecule has 1 aliphatic rings. The molecule has 0 amide bonds. The van der Waals surface area contributed by atoms with Crippen molar-refractivity contribution < 1.29 is 22.3 Å². The molecule has 4 rings (SSSR count). The second-order valence-corrected chi connectivity index (χ2v) is 7.36. The summed E-state index contributed by atoms with van der Waals surface area (Å²) in [5.74, 6) is -2.85. The number of anilines is 3. The van der Waals surface area contributed by atoms with E-state index in [1.807, 2.05) is 6.92 Å². The van der Waals surface area contributed by atoms with Crippen LogP contribution in [0.2, 0.25) is 0 Å². The van der Waals surface area contributed by atoms with Crippen LogP contribution in [0.25, 0.3) is 11.5 Å². The first-order valence-corrected chi connectivity index (χ1v) is 10.3. The molecular weight excluding hydrogens is 409 g/mol. The smallest absolute Gasteiger partial charge is 0.315 e. The van der Waals surface area contributed by atoms with E-state index in [1.54, 1.807) is 6.07 Å². The van der Waals surface area contributed by atoms with Crippen LogP contribution in [-0.2, 0) is 11.2 Å². The second-order valence-electron chi connectivity index (χ2n) is 7.36. The van der Waals surface area contributed by atoms with E-state index in [2.05, 4.69) is 20.8 Å². The number of aromatic nitrogens is 2. The van der Waals surface area contributed by atoms with Crippen molar-refractivity contribution in [2.45, 2.75) is 38.7 Å². The Hall–Kier alpha value is -3.07. The number of ether oxygens (including phenoxy) is 1. The number of nitrogens with one attached hydrogen (secondary N) is 2. The zero-order valence-corrected chi connectivity index (χ0v) is 17.1. The number of nitrogens with zero attached hydrogens (tertiary/aromatic N) is 2. The van der Waals surface area contributed by atoms with Crippen LogP contribution in [0.15, 0.2) is 34.7 Å². The van der Waals surface area contributed by atoms with Gasteiger partial charge in [0, 0.05) is 13.2 Å². The average molecular weight is 432 g/mol. The molecule has 164 valence electrons. The highest BCUT2D eigenvalue weighted by atomic mass is 19.2. The summed E-state index contributed by atoms with van der Waals surface area (Å²) in [5, 5.41) is 13.5. The Balaban J connectivity index is 1.57. The van der Waals surface area contributed by atoms with Crippen LogP contribution in [0.4, 0.5) is 30.6 Å². The molecule has 3 aromatic rings. The van der Waals surface area contributed by atoms with E-state index < -0.39 is 17.5 Å². The molecule has 2 heterocycles. The van der Waals surface area contributed by atoms with Crippen molar-refractivity contribution in [3.8, 4) is 11.5 Å². The minimum Gasteiger partial charge on any atom is -0.403 e. The minimum absolute atomic E-state index is 0.00950. The molecule has 9 heteroatoms. The first-order valence-electron chi connectivity index (χ1n) is 10.3. The Kier molecular flexibility index (Phi) is 6.41. The van der Waals surface area contributed by atoms with E-state index in [9.17, 15) is 13.2 Å². The molecule has 0 aliphatic carbocycles. The fraction of sp³-hybridized carbons (Fsp3) is 0.364. The Morgan fingerprint density at radius 1 is 1.06 bits per heavy atom. The monoisotopic (exact) mass is 432 g/mol. The van der Waals surface area contributed by atoms with Crippen LogP contribution < -0.4 is 10.6 Å². The second kappa shape index (κ2) is 9.38. The Bertz CT molecular complexity index is 1050. The van der Waals surface area contributed by atoms with E-state index >= 15 is 0 Å². The predicted molar refractivity (Wildman–Crippen MR) is 111 cm³/mol. The summed E-state index contributed by atoms with van der Waals surface area (Å²) in [6.45, 7) is 3.12. The van der Waals surface area contributed by atoms with Crippen LogP contribution in [0, 0.1) is 17.5 Å². The van der Waals surface area contributed by atoms with Crippen LogP contribution >= 0.6 is 0 Å². The van der Waals surface area contributed by atoms with Crippen LogP contribution in [0.1, 0.15) is 31.7 Å². The lowest BCUT2D eigenvalue weighted by molar-refractivity contribution is 0.0245. The molecule has 1 fully saturated rings. The number of hydrogen-bond donors (Lipinski definition) is 2. The molecular formula is C22H23F3N4O2. The Morgan fingerprint density at radius 2 is 1.94 bits per heavy atom. The molecule has 2 aromatic carbocycles. The minimum atomic E-state index is -1.17. The highest BCUT2D eigenvalue weighted by Gasteiger charge is 2.21. The van der Waals surface area contributed by atoms with Gasteiger partial charge in [-0.3, -0.25) is 0 Å². The number of aryl methyl sites for hydroxylation is 1. The highest BCUT2D eigenvalue weighted by molar-refractivity contribution is 5.78. The van der Waals surface area contributed by atoms with Crippen molar-refractivity contribution >= 4 is 17.4 Å². The van der Waals surface area contributed by atoms with Gasteiger partial charge in [0.1, 0.15) is 5.82 Å². The fourth-order valence-corrected chi connectivity index (χ4v) is 3.44. The van der Waals surface area contributed by atoms with E-state index in [1.165, 1.54) is 18.2 Å². The highest BCUT2D eigenvalue weighted by Crippen LogP contribution is 2.34. The van der Waals surface area contributed by atoms with Gasteiger partial charge in [-0.1, -0.05) is 18.1 Å². The maximum absolute atomic E-state index is 14.6. The van der Waals surface area contributed by atoms with Crippen LogP contribution in [0.5, 0.6) is 0 Å². The molecule has 2 N–H and O–H groups in total. The van der Waals surface area contributed by atoms with E-state index in [0.29, 0.717) is 13.0 Å². The molecule has 0 spiro atoms. The third-order valence-corrected chi connectivity index (χ3v) is 5.21. The summed E-state index contributed by atoms with van der Waals surface area (Å²) < 4.78 is 54.2. The lowest BCUT2D eigenvalue weighted by Gasteiger charge is -2.22. The van der Waals surface area contributed by atoms with E-state index in [4.69, 9.17) is 9.15 Å². The standard InChI is InChI=1S/C22H23F3N4O2/c1-2-13-6-9-18(17(24)11-13)27-20-15(7-8-16(23)19(20)25)21-28-29-22(31-21)26-12-14-5-3-4-10-30-14/h6-9,11,14,27H,2-5,10,12H2,1H3,(H,26,29). The van der Waals surface area contributed by atoms with Crippen molar-refractivity contribution in [3.05, 3.63) is 53.3 Å². The molecule has 1 aliphatic heterocycles. The largest absolute Gasteiger partial charge is 0.403 e. The van der Waals surface area contributed by atoms with Crippen LogP contribution in [0.3, 0.4) is 0 Å². The predicted octanol–water partition coefficient (Wildman–Crippen LogP) is 5.44. The van der Waals surface area contributed by atoms with Crippen molar-refractivity contribution in [1.29, 1.82) is 0 Å². The topological polar surface area (TPSA) is 72.2 Å². The van der Waals surface area contributed by atoms with Crippen molar-refractivity contribution in [3.63, 3.8) is 0 Å². The molecule has 1 saturated heterocycles. The fourth-order valence-electron chi connectivity index (χ4n) is 3.44. The number of halogens is 3. The normalized spacial score (nSPS) is 16.3. The quantitative estimate of drug-likeness (QED) is 0.518. The molecule has 31 heavy (non-hydrogen) atoms. The maximum Gasteiger partial charge on any atom is 0.315 e. The van der Waals surface area contributed by atoms with Gasteiger partial charge in [-0.05, 0) is 55.5 Å². The molecule has 1 atom stereocenters. The molecule has 0 bridgehead atoms. The van der Waals surface area contributed by atoms with Gasteiger partial charge < -0.3 is 19.8 Å². The zero-order chi connectivity index (χ0) is 21.8. The van der Waals surface area contributed by atoms with Gasteiger partial charge >= 0.3 is 6.01 Å². The van der Waals surface area contributed by atoms with Gasteiger partial charge in [-0.25, -0.2) is 13.2 Å². The Labute approximate surface area is 177 Å². The van der Waals surface area contributed by atoms with Gasteiger partial charge in [0.2, 0.25) is 0 Å². The molecule has 1 unspecified atom stereocenters. The SMILES string of the molecule is CCc1ccc(Nc2c(-c3nnc(NCC4CCCCO4)o3)ccc(F)c2F)c(F)c1. The molecule has 6 nitrogen and oxygen atoms in total. The van der Waals surface area contributed by atoms with Crippen LogP contribution in [-0.4, -0.2) is 29.5 Å². The lowest BCUT2D eigenvalue weighted by Crippen LogP contribution is -2.27. The van der Waals surface area contributed by atoms with Crippen molar-refractivity contribution in [2.75, 3.05) is 23.8 Å². The van der Waals surface area contributed by atoms with Gasteiger partial charge in [-0.2, -0.15) is 0 Å². The average Bonchev–Trinajstić information content (AvgIpc) is 3.26. The maximum atomic E-state index is 14.6. The van der Waals surface area contributed by atoms with Crippen molar-refractivity contribution in [2.24, 2.45) is 0 Å². The first-order chi connectivity index (χ1) is 15.0. The van der Waals surface area contributed by atoms with E-state index in [0.717, 1.165) is 37.5 Å². The number of benzene rings is 2. The van der Waals surface area contributed by atoms with E-state index in [-0.39, 0.29) is 34.9 Å². The summed E-state index contributed by atoms with van der Waals surface area (Å²) in [5.41, 5.74) is 0.633. The zero-order valence-electron chi connectivity index (χ0n) is 17.1. The molecule has 0 saturated carbocycles. The third-order valence-electron chi connectivity index (χ3n) is 5.21. The number of rotatable bonds is 7. The van der Waals surface area contributed by atoms with Crippen molar-refractivity contribution in [1.82, 2.24) is 10.2 Å². The molecule has 0 radical (unpaired) electrons. The van der Waals surface area contributed by atoms with Gasteiger partial charge in [0.15, 0.2) is 11.6 Å². The summed E-state index contributed by atoms with van der Waals surface area (Å²) >= 11 is 0. The third kappa shape index (κ3) is 4.82. The summed E-state index contributed by atoms with van der Waals surface area (Å²) in [6, 6.07) is 6.94. The summed E-state index contributed by atoms with van der Waals surface area (Å²) in [7, 11) is 0. The molecule has 1 aromatic heterocycles. The lowest BCUT2D eigenvalue weighted by atomic mass is 10.1. The Morgan fingerprint density at radius 3 is 2.68 bits per heavy atom. The van der Waals surface area contributed by atoms with Gasteiger partial charge in [0.05, 0.1) is 23.0 Å². The van der Waals surface area contributed by atoms with Gasteiger partial charge in [-0.15, -0.1) is 5.10 Å². The van der Waals surface area contributed by atoms with Gasteiger partial charge in [0.25, 0.3) is 5.89 Å². The number of hydrogen-bond acceptors (Lipinski definition) is 6. The summed E-state index contributed by atoms with van der Waals surface area (Å²) in [4.78, 5) is 0. The summed E-state index contributed by atoms with van der Waals surface area (Å²) in [6.07, 6.45) is 3.79. The first kappa shape index (κ1) is 21.2.